The van der Waals surface area contributed by atoms with Crippen molar-refractivity contribution in [2.45, 2.75) is 51.2 Å². The number of halogens is 3. The number of alkyl halides is 3. The van der Waals surface area contributed by atoms with Crippen molar-refractivity contribution in [3.05, 3.63) is 35.4 Å². The normalized spacial score (nSPS) is 16.1. The van der Waals surface area contributed by atoms with Crippen LogP contribution in [0.3, 0.4) is 0 Å². The van der Waals surface area contributed by atoms with Gasteiger partial charge in [0.25, 0.3) is 0 Å². The van der Waals surface area contributed by atoms with E-state index in [1.807, 2.05) is 6.92 Å². The molecule has 0 aliphatic carbocycles. The largest absolute Gasteiger partial charge is 0.480 e. The van der Waals surface area contributed by atoms with Gasteiger partial charge in [-0.2, -0.15) is 13.2 Å². The molecule has 3 nitrogen and oxygen atoms in total. The number of aliphatic carboxylic acids is 1. The fourth-order valence-corrected chi connectivity index (χ4v) is 2.47. The zero-order chi connectivity index (χ0) is 17.0. The van der Waals surface area contributed by atoms with Gasteiger partial charge in [-0.3, -0.25) is 4.79 Å². The molecule has 0 radical (unpaired) electrons. The summed E-state index contributed by atoms with van der Waals surface area (Å²) in [5.41, 5.74) is 4.41. The van der Waals surface area contributed by atoms with E-state index in [2.05, 4.69) is 0 Å². The second kappa shape index (κ2) is 7.13. The summed E-state index contributed by atoms with van der Waals surface area (Å²) in [7, 11) is 0. The molecular weight excluding hydrogens is 295 g/mol. The highest BCUT2D eigenvalue weighted by atomic mass is 19.4. The first kappa shape index (κ1) is 18.5. The van der Waals surface area contributed by atoms with Gasteiger partial charge in [0.05, 0.1) is 5.56 Å². The summed E-state index contributed by atoms with van der Waals surface area (Å²) in [6.07, 6.45) is -2.05. The van der Waals surface area contributed by atoms with Gasteiger partial charge in [-0.25, -0.2) is 0 Å². The minimum absolute atomic E-state index is 0.0944. The first-order valence-corrected chi connectivity index (χ1v) is 7.21. The molecule has 124 valence electrons. The zero-order valence-corrected chi connectivity index (χ0v) is 12.8. The first-order valence-electron chi connectivity index (χ1n) is 7.21. The van der Waals surface area contributed by atoms with Gasteiger partial charge in [-0.15, -0.1) is 0 Å². The summed E-state index contributed by atoms with van der Waals surface area (Å²) < 4.78 is 37.8. The summed E-state index contributed by atoms with van der Waals surface area (Å²) in [5.74, 6) is -0.950. The second-order valence-corrected chi connectivity index (χ2v) is 6.12. The van der Waals surface area contributed by atoms with Crippen LogP contribution in [0.4, 0.5) is 13.2 Å². The highest BCUT2D eigenvalue weighted by molar-refractivity contribution is 5.77. The number of carbonyl (C=O) groups is 1. The van der Waals surface area contributed by atoms with Crippen molar-refractivity contribution in [1.29, 1.82) is 0 Å². The number of rotatable bonds is 7. The van der Waals surface area contributed by atoms with Crippen LogP contribution in [0.1, 0.15) is 44.2 Å². The molecule has 0 saturated heterocycles. The van der Waals surface area contributed by atoms with Crippen molar-refractivity contribution in [2.24, 2.45) is 11.7 Å². The number of carboxylic acids is 1. The molecular formula is C16H22F3NO2. The summed E-state index contributed by atoms with van der Waals surface area (Å²) in [4.78, 5) is 11.0. The second-order valence-electron chi connectivity index (χ2n) is 6.12. The Balaban J connectivity index is 2.49. The number of hydrogen-bond acceptors (Lipinski definition) is 2. The van der Waals surface area contributed by atoms with Crippen molar-refractivity contribution in [1.82, 2.24) is 0 Å². The van der Waals surface area contributed by atoms with Crippen LogP contribution in [0.5, 0.6) is 0 Å². The SMILES string of the molecule is C[C@@H](CCCc1cccc(C(F)(F)F)c1)C[C@@](C)(N)C(=O)O. The lowest BCUT2D eigenvalue weighted by atomic mass is 9.87. The molecule has 22 heavy (non-hydrogen) atoms. The van der Waals surface area contributed by atoms with Gasteiger partial charge in [0.15, 0.2) is 0 Å². The molecule has 6 heteroatoms. The molecule has 0 heterocycles. The Labute approximate surface area is 128 Å². The predicted molar refractivity (Wildman–Crippen MR) is 78.4 cm³/mol. The number of aryl methyl sites for hydroxylation is 1. The molecule has 0 saturated carbocycles. The van der Waals surface area contributed by atoms with Crippen LogP contribution in [0.25, 0.3) is 0 Å². The van der Waals surface area contributed by atoms with Gasteiger partial charge in [-0.1, -0.05) is 31.5 Å². The van der Waals surface area contributed by atoms with E-state index in [1.165, 1.54) is 13.0 Å². The fourth-order valence-electron chi connectivity index (χ4n) is 2.47. The molecule has 0 unspecified atom stereocenters. The van der Waals surface area contributed by atoms with E-state index in [0.717, 1.165) is 18.6 Å². The van der Waals surface area contributed by atoms with Crippen molar-refractivity contribution < 1.29 is 23.1 Å². The van der Waals surface area contributed by atoms with Crippen LogP contribution in [0, 0.1) is 5.92 Å². The summed E-state index contributed by atoms with van der Waals surface area (Å²) in [6.45, 7) is 3.37. The maximum atomic E-state index is 12.6. The quantitative estimate of drug-likeness (QED) is 0.803. The predicted octanol–water partition coefficient (Wildman–Crippen LogP) is 3.86. The van der Waals surface area contributed by atoms with E-state index < -0.39 is 23.2 Å². The van der Waals surface area contributed by atoms with E-state index in [-0.39, 0.29) is 5.92 Å². The van der Waals surface area contributed by atoms with Crippen LogP contribution in [-0.2, 0) is 17.4 Å². The third-order valence-electron chi connectivity index (χ3n) is 3.68. The molecule has 0 amide bonds. The van der Waals surface area contributed by atoms with Gasteiger partial charge in [0.1, 0.15) is 5.54 Å². The Morgan fingerprint density at radius 1 is 1.36 bits per heavy atom. The highest BCUT2D eigenvalue weighted by Crippen LogP contribution is 2.30. The van der Waals surface area contributed by atoms with Crippen LogP contribution in [0.2, 0.25) is 0 Å². The standard InChI is InChI=1S/C16H22F3NO2/c1-11(10-15(2,20)14(21)22)5-3-6-12-7-4-8-13(9-12)16(17,18)19/h4,7-9,11H,3,5-6,10,20H2,1-2H3,(H,21,22)/t11-,15+/m0/s1. The Morgan fingerprint density at radius 2 is 2.00 bits per heavy atom. The lowest BCUT2D eigenvalue weighted by molar-refractivity contribution is -0.143. The fraction of sp³-hybridized carbons (Fsp3) is 0.562. The first-order chi connectivity index (χ1) is 10.0. The number of hydrogen-bond donors (Lipinski definition) is 2. The van der Waals surface area contributed by atoms with Crippen molar-refractivity contribution in [3.63, 3.8) is 0 Å². The topological polar surface area (TPSA) is 63.3 Å². The lowest BCUT2D eigenvalue weighted by Crippen LogP contribution is -2.46. The summed E-state index contributed by atoms with van der Waals surface area (Å²) >= 11 is 0. The molecule has 1 rings (SSSR count). The monoisotopic (exact) mass is 317 g/mol. The van der Waals surface area contributed by atoms with Crippen molar-refractivity contribution >= 4 is 5.97 Å². The summed E-state index contributed by atoms with van der Waals surface area (Å²) in [5, 5.41) is 8.97. The van der Waals surface area contributed by atoms with Gasteiger partial charge < -0.3 is 10.8 Å². The summed E-state index contributed by atoms with van der Waals surface area (Å²) in [6, 6.07) is 5.29. The number of benzene rings is 1. The third-order valence-corrected chi connectivity index (χ3v) is 3.68. The van der Waals surface area contributed by atoms with Gasteiger partial charge >= 0.3 is 12.1 Å². The molecule has 0 spiro atoms. The maximum absolute atomic E-state index is 12.6. The zero-order valence-electron chi connectivity index (χ0n) is 12.8. The van der Waals surface area contributed by atoms with Gasteiger partial charge in [-0.05, 0) is 43.7 Å². The number of carboxylic acid groups (broad SMARTS) is 1. The highest BCUT2D eigenvalue weighted by Gasteiger charge is 2.31. The van der Waals surface area contributed by atoms with Crippen LogP contribution in [-0.4, -0.2) is 16.6 Å². The average Bonchev–Trinajstić information content (AvgIpc) is 2.37. The molecule has 1 aromatic rings. The maximum Gasteiger partial charge on any atom is 0.416 e. The average molecular weight is 317 g/mol. The van der Waals surface area contributed by atoms with E-state index >= 15 is 0 Å². The molecule has 0 bridgehead atoms. The van der Waals surface area contributed by atoms with Gasteiger partial charge in [0, 0.05) is 0 Å². The minimum Gasteiger partial charge on any atom is -0.480 e. The van der Waals surface area contributed by atoms with Crippen LogP contribution < -0.4 is 5.73 Å². The van der Waals surface area contributed by atoms with Crippen LogP contribution >= 0.6 is 0 Å². The minimum atomic E-state index is -4.33. The molecule has 1 aromatic carbocycles. The van der Waals surface area contributed by atoms with Crippen LogP contribution in [0.15, 0.2) is 24.3 Å². The molecule has 0 aliphatic rings. The Bertz CT molecular complexity index is 512. The third kappa shape index (κ3) is 5.67. The molecule has 2 atom stereocenters. The lowest BCUT2D eigenvalue weighted by Gasteiger charge is -2.23. The molecule has 0 aromatic heterocycles. The molecule has 0 fully saturated rings. The molecule has 0 aliphatic heterocycles. The van der Waals surface area contributed by atoms with Crippen molar-refractivity contribution in [2.75, 3.05) is 0 Å². The van der Waals surface area contributed by atoms with Gasteiger partial charge in [0.2, 0.25) is 0 Å². The number of nitrogens with two attached hydrogens (primary N) is 1. The van der Waals surface area contributed by atoms with E-state index in [4.69, 9.17) is 10.8 Å². The van der Waals surface area contributed by atoms with E-state index in [1.54, 1.807) is 6.07 Å². The van der Waals surface area contributed by atoms with E-state index in [0.29, 0.717) is 24.8 Å². The Morgan fingerprint density at radius 3 is 2.55 bits per heavy atom. The smallest absolute Gasteiger partial charge is 0.416 e. The molecule has 3 N–H and O–H groups in total. The van der Waals surface area contributed by atoms with Crippen molar-refractivity contribution in [3.8, 4) is 0 Å². The Hall–Kier alpha value is -1.56. The van der Waals surface area contributed by atoms with E-state index in [9.17, 15) is 18.0 Å². The Kier molecular flexibility index (Phi) is 6.00.